The number of hydrogen-bond acceptors (Lipinski definition) is 5. The van der Waals surface area contributed by atoms with E-state index in [0.717, 1.165) is 22.7 Å². The molecule has 2 rings (SSSR count). The van der Waals surface area contributed by atoms with Crippen LogP contribution in [0.4, 0.5) is 15.8 Å². The number of amides is 1. The minimum atomic E-state index is -3.90. The molecule has 156 valence electrons. The molecule has 0 aliphatic heterocycles. The molecule has 0 saturated carbocycles. The Labute approximate surface area is 173 Å². The number of esters is 1. The Bertz CT molecular complexity index is 1030. The normalized spacial score (nSPS) is 12.2. The van der Waals surface area contributed by atoms with E-state index in [0.29, 0.717) is 5.69 Å². The van der Waals surface area contributed by atoms with E-state index in [-0.39, 0.29) is 22.7 Å². The van der Waals surface area contributed by atoms with Gasteiger partial charge < -0.3 is 10.1 Å². The van der Waals surface area contributed by atoms with Crippen molar-refractivity contribution in [3.8, 4) is 0 Å². The molecule has 0 radical (unpaired) electrons. The molecule has 1 amide bonds. The molecule has 0 aromatic heterocycles. The van der Waals surface area contributed by atoms with Crippen molar-refractivity contribution < 1.29 is 27.1 Å². The molecule has 0 saturated heterocycles. The molecule has 0 fully saturated rings. The molecule has 2 aromatic carbocycles. The fourth-order valence-corrected chi connectivity index (χ4v) is 4.13. The smallest absolute Gasteiger partial charge is 0.337 e. The second-order valence-corrected chi connectivity index (χ2v) is 8.41. The van der Waals surface area contributed by atoms with E-state index in [4.69, 9.17) is 11.6 Å². The average Bonchev–Trinajstić information content (AvgIpc) is 2.66. The number of hydrogen-bond donors (Lipinski definition) is 1. The number of carbonyl (C=O) groups is 2. The Kier molecular flexibility index (Phi) is 7.21. The van der Waals surface area contributed by atoms with Crippen LogP contribution in [0.3, 0.4) is 0 Å². The first-order chi connectivity index (χ1) is 13.6. The van der Waals surface area contributed by atoms with Gasteiger partial charge in [-0.15, -0.1) is 0 Å². The maximum absolute atomic E-state index is 13.5. The summed E-state index contributed by atoms with van der Waals surface area (Å²) >= 11 is 5.79. The Morgan fingerprint density at radius 1 is 1.24 bits per heavy atom. The standard InChI is InChI=1S/C19H20ClFN2O5S/c1-4-17(18(24)22-13-7-5-6-12(10-13)19(25)28-2)23(29(3,26)27)14-8-9-16(21)15(20)11-14/h5-11,17H,4H2,1-3H3,(H,22,24)/t17-/m0/s1. The Balaban J connectivity index is 2.38. The first-order valence-corrected chi connectivity index (χ1v) is 10.7. The lowest BCUT2D eigenvalue weighted by molar-refractivity contribution is -0.117. The fraction of sp³-hybridized carbons (Fsp3) is 0.263. The van der Waals surface area contributed by atoms with Crippen molar-refractivity contribution in [2.45, 2.75) is 19.4 Å². The van der Waals surface area contributed by atoms with Crippen LogP contribution >= 0.6 is 11.6 Å². The monoisotopic (exact) mass is 442 g/mol. The third-order valence-corrected chi connectivity index (χ3v) is 5.51. The lowest BCUT2D eigenvalue weighted by Crippen LogP contribution is -2.47. The highest BCUT2D eigenvalue weighted by Gasteiger charge is 2.32. The molecule has 0 aliphatic carbocycles. The highest BCUT2D eigenvalue weighted by molar-refractivity contribution is 7.92. The van der Waals surface area contributed by atoms with Gasteiger partial charge in [-0.2, -0.15) is 0 Å². The lowest BCUT2D eigenvalue weighted by Gasteiger charge is -2.30. The number of nitrogens with one attached hydrogen (secondary N) is 1. The molecule has 0 aliphatic rings. The van der Waals surface area contributed by atoms with Gasteiger partial charge in [0.1, 0.15) is 11.9 Å². The van der Waals surface area contributed by atoms with E-state index in [1.54, 1.807) is 19.1 Å². The second-order valence-electron chi connectivity index (χ2n) is 6.14. The molecule has 2 aromatic rings. The summed E-state index contributed by atoms with van der Waals surface area (Å²) < 4.78 is 43.9. The highest BCUT2D eigenvalue weighted by Crippen LogP contribution is 2.27. The number of sulfonamides is 1. The zero-order valence-corrected chi connectivity index (χ0v) is 17.6. The van der Waals surface area contributed by atoms with Gasteiger partial charge in [0.05, 0.1) is 29.6 Å². The summed E-state index contributed by atoms with van der Waals surface area (Å²) in [4.78, 5) is 24.5. The minimum absolute atomic E-state index is 0.0595. The van der Waals surface area contributed by atoms with E-state index < -0.39 is 33.8 Å². The van der Waals surface area contributed by atoms with Gasteiger partial charge in [-0.25, -0.2) is 17.6 Å². The van der Waals surface area contributed by atoms with E-state index >= 15 is 0 Å². The summed E-state index contributed by atoms with van der Waals surface area (Å²) in [5, 5.41) is 2.33. The fourth-order valence-electron chi connectivity index (χ4n) is 2.75. The van der Waals surface area contributed by atoms with Crippen molar-refractivity contribution in [1.82, 2.24) is 0 Å². The highest BCUT2D eigenvalue weighted by atomic mass is 35.5. The molecular weight excluding hydrogens is 423 g/mol. The van der Waals surface area contributed by atoms with Gasteiger partial charge in [0.2, 0.25) is 15.9 Å². The lowest BCUT2D eigenvalue weighted by atomic mass is 10.1. The van der Waals surface area contributed by atoms with Crippen LogP contribution in [0.5, 0.6) is 0 Å². The minimum Gasteiger partial charge on any atom is -0.465 e. The topological polar surface area (TPSA) is 92.8 Å². The van der Waals surface area contributed by atoms with Gasteiger partial charge in [-0.1, -0.05) is 24.6 Å². The summed E-state index contributed by atoms with van der Waals surface area (Å²) in [6.07, 6.45) is 1.07. The largest absolute Gasteiger partial charge is 0.465 e. The maximum Gasteiger partial charge on any atom is 0.337 e. The van der Waals surface area contributed by atoms with Crippen LogP contribution in [-0.2, 0) is 19.6 Å². The Morgan fingerprint density at radius 2 is 1.93 bits per heavy atom. The zero-order valence-electron chi connectivity index (χ0n) is 16.0. The first-order valence-electron chi connectivity index (χ1n) is 8.52. The van der Waals surface area contributed by atoms with Crippen molar-refractivity contribution in [2.75, 3.05) is 23.0 Å². The van der Waals surface area contributed by atoms with Gasteiger partial charge in [0, 0.05) is 5.69 Å². The predicted octanol–water partition coefficient (Wildman–Crippen LogP) is 3.45. The number of rotatable bonds is 7. The number of nitrogens with zero attached hydrogens (tertiary/aromatic N) is 1. The number of carbonyl (C=O) groups excluding carboxylic acids is 2. The summed E-state index contributed by atoms with van der Waals surface area (Å²) in [6.45, 7) is 1.64. The third-order valence-electron chi connectivity index (χ3n) is 4.04. The van der Waals surface area contributed by atoms with Gasteiger partial charge in [-0.05, 0) is 42.8 Å². The molecule has 10 heteroatoms. The Hall–Kier alpha value is -2.65. The van der Waals surface area contributed by atoms with Gasteiger partial charge >= 0.3 is 5.97 Å². The van der Waals surface area contributed by atoms with Gasteiger partial charge in [0.25, 0.3) is 0 Å². The number of halogens is 2. The average molecular weight is 443 g/mol. The molecule has 7 nitrogen and oxygen atoms in total. The van der Waals surface area contributed by atoms with Crippen molar-refractivity contribution >= 4 is 44.9 Å². The molecule has 0 unspecified atom stereocenters. The number of ether oxygens (including phenoxy) is 1. The van der Waals surface area contributed by atoms with Crippen LogP contribution in [0.25, 0.3) is 0 Å². The van der Waals surface area contributed by atoms with E-state index in [2.05, 4.69) is 10.1 Å². The van der Waals surface area contributed by atoms with Crippen LogP contribution in [0.2, 0.25) is 5.02 Å². The van der Waals surface area contributed by atoms with E-state index in [1.165, 1.54) is 25.3 Å². The van der Waals surface area contributed by atoms with E-state index in [1.807, 2.05) is 0 Å². The number of benzene rings is 2. The number of anilines is 2. The van der Waals surface area contributed by atoms with Gasteiger partial charge in [0.15, 0.2) is 0 Å². The van der Waals surface area contributed by atoms with Crippen LogP contribution in [0, 0.1) is 5.82 Å². The van der Waals surface area contributed by atoms with Crippen LogP contribution < -0.4 is 9.62 Å². The maximum atomic E-state index is 13.5. The zero-order chi connectivity index (χ0) is 21.8. The predicted molar refractivity (Wildman–Crippen MR) is 109 cm³/mol. The summed E-state index contributed by atoms with van der Waals surface area (Å²) in [7, 11) is -2.67. The van der Waals surface area contributed by atoms with E-state index in [9.17, 15) is 22.4 Å². The number of methoxy groups -OCH3 is 1. The first kappa shape index (κ1) is 22.6. The SMILES string of the molecule is CC[C@@H](C(=O)Nc1cccc(C(=O)OC)c1)N(c1ccc(F)c(Cl)c1)S(C)(=O)=O. The quantitative estimate of drug-likeness (QED) is 0.663. The summed E-state index contributed by atoms with van der Waals surface area (Å²) in [5.74, 6) is -1.91. The molecule has 1 atom stereocenters. The molecule has 0 heterocycles. The molecule has 0 bridgehead atoms. The summed E-state index contributed by atoms with van der Waals surface area (Å²) in [6, 6.07) is 8.31. The van der Waals surface area contributed by atoms with Crippen LogP contribution in [0.15, 0.2) is 42.5 Å². The van der Waals surface area contributed by atoms with Gasteiger partial charge in [-0.3, -0.25) is 9.10 Å². The summed E-state index contributed by atoms with van der Waals surface area (Å²) in [5.41, 5.74) is 0.579. The van der Waals surface area contributed by atoms with Crippen molar-refractivity contribution in [3.63, 3.8) is 0 Å². The van der Waals surface area contributed by atoms with Crippen molar-refractivity contribution in [1.29, 1.82) is 0 Å². The van der Waals surface area contributed by atoms with Crippen LogP contribution in [-0.4, -0.2) is 39.7 Å². The molecule has 0 spiro atoms. The molecule has 1 N–H and O–H groups in total. The molecule has 29 heavy (non-hydrogen) atoms. The Morgan fingerprint density at radius 3 is 2.48 bits per heavy atom. The second kappa shape index (κ2) is 9.23. The van der Waals surface area contributed by atoms with Crippen molar-refractivity contribution in [2.24, 2.45) is 0 Å². The van der Waals surface area contributed by atoms with Crippen molar-refractivity contribution in [3.05, 3.63) is 58.9 Å². The molecular formula is C19H20ClFN2O5S. The third kappa shape index (κ3) is 5.45. The van der Waals surface area contributed by atoms with Crippen LogP contribution in [0.1, 0.15) is 23.7 Å².